The Kier molecular flexibility index (Phi) is 19.5. The van der Waals surface area contributed by atoms with Crippen LogP contribution < -0.4 is 14.0 Å². The second-order valence-corrected chi connectivity index (χ2v) is 13.8. The van der Waals surface area contributed by atoms with Gasteiger partial charge in [-0.3, -0.25) is 13.3 Å². The molecule has 4 rings (SSSR count). The van der Waals surface area contributed by atoms with Crippen LogP contribution in [-0.4, -0.2) is 31.4 Å². The van der Waals surface area contributed by atoms with Crippen LogP contribution in [-0.2, 0) is 20.0 Å². The number of alkyl halides is 4. The molecular weight excluding hydrogens is 933 g/mol. The van der Waals surface area contributed by atoms with Gasteiger partial charge in [-0.2, -0.15) is 30.7 Å². The minimum absolute atomic E-state index is 0.0291. The molecule has 0 aliphatic carbocycles. The summed E-state index contributed by atoms with van der Waals surface area (Å²) in [5.41, 5.74) is -6.74. The molecular formula is C40H34BF20NO3. The first kappa shape index (κ1) is 54.2. The SMILES string of the molecule is CCCC[N+](CCCC)(CCCC)C(F)c1c(F)c(F)c(OB(Oc2c(F)c(F)c(CF)c(F)c2F)Oc2c(F)c(F)c(CF)c(F)c2F)c(F)c1F.FCc1c(F)c(F)[c-]c(F)c1F. The van der Waals surface area contributed by atoms with Gasteiger partial charge in [-0.1, -0.05) is 45.6 Å². The highest BCUT2D eigenvalue weighted by Crippen LogP contribution is 2.41. The van der Waals surface area contributed by atoms with Crippen LogP contribution in [0.25, 0.3) is 0 Å². The predicted molar refractivity (Wildman–Crippen MR) is 189 cm³/mol. The van der Waals surface area contributed by atoms with E-state index < -0.39 is 171 Å². The fraction of sp³-hybridized carbons (Fsp3) is 0.400. The van der Waals surface area contributed by atoms with Crippen LogP contribution in [0.3, 0.4) is 0 Å². The molecule has 0 heterocycles. The number of rotatable bonds is 20. The molecule has 4 aromatic rings. The lowest BCUT2D eigenvalue weighted by atomic mass is 10.0. The van der Waals surface area contributed by atoms with E-state index in [9.17, 15) is 65.9 Å². The molecule has 0 aliphatic heterocycles. The summed E-state index contributed by atoms with van der Waals surface area (Å²) in [5, 5.41) is 0. The van der Waals surface area contributed by atoms with E-state index in [2.05, 4.69) is 14.0 Å². The van der Waals surface area contributed by atoms with Gasteiger partial charge in [-0.15, -0.1) is 6.07 Å². The summed E-state index contributed by atoms with van der Waals surface area (Å²) in [7, 11) is -3.70. The lowest BCUT2D eigenvalue weighted by molar-refractivity contribution is -0.972. The highest BCUT2D eigenvalue weighted by molar-refractivity contribution is 6.39. The van der Waals surface area contributed by atoms with E-state index in [4.69, 9.17) is 0 Å². The van der Waals surface area contributed by atoms with Crippen molar-refractivity contribution in [1.29, 1.82) is 0 Å². The minimum atomic E-state index is -3.70. The first-order valence-corrected chi connectivity index (χ1v) is 19.0. The van der Waals surface area contributed by atoms with Crippen LogP contribution in [0.4, 0.5) is 87.8 Å². The Morgan fingerprint density at radius 3 is 0.938 bits per heavy atom. The average Bonchev–Trinajstić information content (AvgIpc) is 3.28. The zero-order valence-corrected chi connectivity index (χ0v) is 33.9. The zero-order valence-electron chi connectivity index (χ0n) is 33.9. The van der Waals surface area contributed by atoms with E-state index >= 15 is 22.0 Å². The fourth-order valence-corrected chi connectivity index (χ4v) is 6.11. The summed E-state index contributed by atoms with van der Waals surface area (Å²) >= 11 is 0. The maximum Gasteiger partial charge on any atom is 0.864 e. The molecule has 0 radical (unpaired) electrons. The Hall–Kier alpha value is -5.10. The molecule has 0 bridgehead atoms. The van der Waals surface area contributed by atoms with E-state index in [1.165, 1.54) is 0 Å². The molecule has 1 atom stereocenters. The van der Waals surface area contributed by atoms with Crippen molar-refractivity contribution in [2.45, 2.75) is 85.6 Å². The van der Waals surface area contributed by atoms with Crippen LogP contribution in [0.1, 0.15) is 87.8 Å². The molecule has 360 valence electrons. The summed E-state index contributed by atoms with van der Waals surface area (Å²) in [6.07, 6.45) is -0.327. The van der Waals surface area contributed by atoms with E-state index in [1.807, 2.05) is 0 Å². The molecule has 65 heavy (non-hydrogen) atoms. The van der Waals surface area contributed by atoms with Crippen molar-refractivity contribution in [3.63, 3.8) is 0 Å². The molecule has 0 N–H and O–H groups in total. The molecule has 1 unspecified atom stereocenters. The maximum absolute atomic E-state index is 16.4. The predicted octanol–water partition coefficient (Wildman–Crippen LogP) is 13.5. The lowest BCUT2D eigenvalue weighted by Crippen LogP contribution is -2.52. The lowest BCUT2D eigenvalue weighted by Gasteiger charge is -2.41. The number of hydrogen-bond donors (Lipinski definition) is 0. The molecule has 0 spiro atoms. The number of unbranched alkanes of at least 4 members (excludes halogenated alkanes) is 3. The Morgan fingerprint density at radius 2 is 0.677 bits per heavy atom. The molecule has 0 saturated carbocycles. The Morgan fingerprint density at radius 1 is 0.415 bits per heavy atom. The van der Waals surface area contributed by atoms with Gasteiger partial charge in [0.1, 0.15) is 18.9 Å². The summed E-state index contributed by atoms with van der Waals surface area (Å²) < 4.78 is 295. The summed E-state index contributed by atoms with van der Waals surface area (Å²) in [6, 6.07) is 1.13. The molecule has 0 fully saturated rings. The smallest absolute Gasteiger partial charge is 0.484 e. The fourth-order valence-electron chi connectivity index (χ4n) is 6.11. The summed E-state index contributed by atoms with van der Waals surface area (Å²) in [5.74, 6) is -44.7. The molecule has 0 aliphatic rings. The Balaban J connectivity index is 0.000000806. The van der Waals surface area contributed by atoms with E-state index in [-0.39, 0.29) is 19.6 Å². The van der Waals surface area contributed by atoms with Gasteiger partial charge >= 0.3 is 7.32 Å². The average molecular weight is 967 g/mol. The Labute approximate surface area is 357 Å². The van der Waals surface area contributed by atoms with Gasteiger partial charge in [0.05, 0.1) is 49.1 Å². The van der Waals surface area contributed by atoms with Crippen LogP contribution in [0.15, 0.2) is 0 Å². The van der Waals surface area contributed by atoms with Gasteiger partial charge in [0, 0.05) is 11.6 Å². The maximum atomic E-state index is 16.4. The van der Waals surface area contributed by atoms with E-state index in [0.717, 1.165) is 6.07 Å². The van der Waals surface area contributed by atoms with Gasteiger partial charge in [-0.05, 0) is 19.3 Å². The van der Waals surface area contributed by atoms with E-state index in [1.54, 1.807) is 20.8 Å². The standard InChI is InChI=1S/C33H32BF15NO3.C7H2F5/c1-4-7-10-50(11-8-5-2,12-9-6-3)33(49)17-22(41)28(47)32(29(48)23(17)42)53-34(51-30-24(43)18(37)15(13-35)19(38)25(30)44)52-31-26(45)20(39)16(14-36)21(40)27(31)46;8-2-3-6(11)4(9)1-5(10)7(3)12/h33H,4-14H2,1-3H3;2H2/q+1;-1. The van der Waals surface area contributed by atoms with Crippen LogP contribution in [0.5, 0.6) is 17.2 Å². The molecule has 0 aromatic heterocycles. The molecule has 0 saturated heterocycles. The van der Waals surface area contributed by atoms with Crippen molar-refractivity contribution in [1.82, 2.24) is 0 Å². The van der Waals surface area contributed by atoms with Crippen LogP contribution >= 0.6 is 0 Å². The van der Waals surface area contributed by atoms with Crippen LogP contribution in [0, 0.1) is 99.1 Å². The summed E-state index contributed by atoms with van der Waals surface area (Å²) in [4.78, 5) is 0. The first-order valence-electron chi connectivity index (χ1n) is 19.0. The highest BCUT2D eigenvalue weighted by Gasteiger charge is 2.46. The van der Waals surface area contributed by atoms with E-state index in [0.29, 0.717) is 38.5 Å². The third-order valence-electron chi connectivity index (χ3n) is 9.65. The number of nitrogens with zero attached hydrogens (tertiary/aromatic N) is 1. The summed E-state index contributed by atoms with van der Waals surface area (Å²) in [6.45, 7) is -0.799. The first-order chi connectivity index (χ1) is 30.6. The molecule has 4 aromatic carbocycles. The second kappa shape index (κ2) is 23.4. The van der Waals surface area contributed by atoms with Crippen molar-refractivity contribution >= 4 is 7.32 Å². The number of benzene rings is 4. The number of halogens is 20. The van der Waals surface area contributed by atoms with Crippen molar-refractivity contribution < 1.29 is 106 Å². The van der Waals surface area contributed by atoms with Gasteiger partial charge in [0.15, 0.2) is 52.2 Å². The normalized spacial score (nSPS) is 12.0. The molecule has 0 amide bonds. The zero-order chi connectivity index (χ0) is 49.2. The third kappa shape index (κ3) is 11.3. The van der Waals surface area contributed by atoms with Gasteiger partial charge < -0.3 is 14.0 Å². The van der Waals surface area contributed by atoms with Crippen LogP contribution in [0.2, 0.25) is 0 Å². The van der Waals surface area contributed by atoms with Gasteiger partial charge in [0.25, 0.3) is 6.30 Å². The largest absolute Gasteiger partial charge is 0.864 e. The van der Waals surface area contributed by atoms with Crippen molar-refractivity contribution in [2.24, 2.45) is 0 Å². The van der Waals surface area contributed by atoms with Crippen molar-refractivity contribution in [2.75, 3.05) is 19.6 Å². The number of hydrogen-bond acceptors (Lipinski definition) is 3. The highest BCUT2D eigenvalue weighted by atomic mass is 19.2. The van der Waals surface area contributed by atoms with Gasteiger partial charge in [0.2, 0.25) is 34.9 Å². The quantitative estimate of drug-likeness (QED) is 0.0221. The monoisotopic (exact) mass is 967 g/mol. The third-order valence-corrected chi connectivity index (χ3v) is 9.65. The van der Waals surface area contributed by atoms with Gasteiger partial charge in [-0.25, -0.2) is 48.3 Å². The second-order valence-electron chi connectivity index (χ2n) is 13.8. The molecule has 25 heteroatoms. The molecule has 4 nitrogen and oxygen atoms in total. The Bertz CT molecular complexity index is 2110. The van der Waals surface area contributed by atoms with Crippen molar-refractivity contribution in [3.05, 3.63) is 121 Å². The van der Waals surface area contributed by atoms with Crippen molar-refractivity contribution in [3.8, 4) is 17.2 Å². The minimum Gasteiger partial charge on any atom is -0.484 e. The number of quaternary nitrogens is 1. The topological polar surface area (TPSA) is 27.7 Å².